The number of amides is 4. The zero-order chi connectivity index (χ0) is 18.4. The van der Waals surface area contributed by atoms with E-state index in [1.54, 1.807) is 24.3 Å². The van der Waals surface area contributed by atoms with E-state index in [0.717, 1.165) is 19.5 Å². The molecule has 0 aliphatic carbocycles. The van der Waals surface area contributed by atoms with Crippen molar-refractivity contribution >= 4 is 23.5 Å². The molecule has 0 aromatic heterocycles. The van der Waals surface area contributed by atoms with Gasteiger partial charge in [-0.1, -0.05) is 26.0 Å². The first-order valence-corrected chi connectivity index (χ1v) is 8.54. The molecule has 0 radical (unpaired) electrons. The van der Waals surface area contributed by atoms with E-state index in [1.165, 1.54) is 7.05 Å². The van der Waals surface area contributed by atoms with Crippen LogP contribution in [-0.2, 0) is 4.79 Å². The lowest BCUT2D eigenvalue weighted by molar-refractivity contribution is -0.118. The summed E-state index contributed by atoms with van der Waals surface area (Å²) in [5.74, 6) is 0.451. The van der Waals surface area contributed by atoms with Crippen molar-refractivity contribution in [1.82, 2.24) is 15.5 Å². The standard InChI is InChI=1S/C18H26N4O3/c1-12-8-13(2)11-22(10-12)17(24)14-6-4-5-7-15(14)20-9-16(23)21-18(25)19-3/h4-7,12-13,20H,8-11H2,1-3H3,(H2,19,21,23,25). The molecule has 25 heavy (non-hydrogen) atoms. The number of carbonyl (C=O) groups is 3. The van der Waals surface area contributed by atoms with Crippen LogP contribution in [0.5, 0.6) is 0 Å². The lowest BCUT2D eigenvalue weighted by atomic mass is 9.91. The lowest BCUT2D eigenvalue weighted by Crippen LogP contribution is -2.43. The maximum atomic E-state index is 12.9. The van der Waals surface area contributed by atoms with E-state index in [4.69, 9.17) is 0 Å². The summed E-state index contributed by atoms with van der Waals surface area (Å²) in [6.45, 7) is 5.71. The van der Waals surface area contributed by atoms with Crippen LogP contribution in [0, 0.1) is 11.8 Å². The highest BCUT2D eigenvalue weighted by Gasteiger charge is 2.27. The molecule has 0 saturated carbocycles. The van der Waals surface area contributed by atoms with E-state index in [-0.39, 0.29) is 12.5 Å². The highest BCUT2D eigenvalue weighted by molar-refractivity contribution is 6.01. The molecular weight excluding hydrogens is 320 g/mol. The molecule has 2 rings (SSSR count). The Morgan fingerprint density at radius 2 is 1.76 bits per heavy atom. The molecule has 0 spiro atoms. The van der Waals surface area contributed by atoms with Crippen molar-refractivity contribution in [2.24, 2.45) is 11.8 Å². The maximum Gasteiger partial charge on any atom is 0.321 e. The number of imide groups is 1. The molecule has 1 aliphatic rings. The summed E-state index contributed by atoms with van der Waals surface area (Å²) in [5, 5.41) is 7.44. The van der Waals surface area contributed by atoms with Crippen molar-refractivity contribution in [3.8, 4) is 0 Å². The van der Waals surface area contributed by atoms with Gasteiger partial charge in [-0.25, -0.2) is 4.79 Å². The van der Waals surface area contributed by atoms with Crippen molar-refractivity contribution in [3.63, 3.8) is 0 Å². The molecule has 1 fully saturated rings. The van der Waals surface area contributed by atoms with Crippen LogP contribution in [-0.4, -0.2) is 49.4 Å². The van der Waals surface area contributed by atoms with Gasteiger partial charge in [-0.15, -0.1) is 0 Å². The van der Waals surface area contributed by atoms with Crippen LogP contribution >= 0.6 is 0 Å². The molecule has 1 aromatic carbocycles. The average molecular weight is 346 g/mol. The molecule has 1 aromatic rings. The molecular formula is C18H26N4O3. The predicted octanol–water partition coefficient (Wildman–Crippen LogP) is 1.67. The summed E-state index contributed by atoms with van der Waals surface area (Å²) in [6, 6.07) is 6.56. The molecule has 1 saturated heterocycles. The Balaban J connectivity index is 2.05. The van der Waals surface area contributed by atoms with Crippen molar-refractivity contribution in [2.75, 3.05) is 32.0 Å². The van der Waals surface area contributed by atoms with E-state index < -0.39 is 11.9 Å². The quantitative estimate of drug-likeness (QED) is 0.773. The van der Waals surface area contributed by atoms with E-state index in [2.05, 4.69) is 29.8 Å². The van der Waals surface area contributed by atoms with Crippen LogP contribution < -0.4 is 16.0 Å². The topological polar surface area (TPSA) is 90.5 Å². The second-order valence-corrected chi connectivity index (χ2v) is 6.68. The molecule has 7 nitrogen and oxygen atoms in total. The smallest absolute Gasteiger partial charge is 0.321 e. The molecule has 4 amide bonds. The van der Waals surface area contributed by atoms with Crippen LogP contribution in [0.15, 0.2) is 24.3 Å². The second kappa shape index (κ2) is 8.50. The van der Waals surface area contributed by atoms with Gasteiger partial charge in [-0.3, -0.25) is 14.9 Å². The molecule has 1 aliphatic heterocycles. The normalized spacial score (nSPS) is 19.9. The predicted molar refractivity (Wildman–Crippen MR) is 96.4 cm³/mol. The van der Waals surface area contributed by atoms with Gasteiger partial charge in [0.05, 0.1) is 12.1 Å². The van der Waals surface area contributed by atoms with E-state index in [1.807, 2.05) is 4.90 Å². The Hall–Kier alpha value is -2.57. The first kappa shape index (κ1) is 18.8. The van der Waals surface area contributed by atoms with Gasteiger partial charge in [0.25, 0.3) is 5.91 Å². The number of anilines is 1. The minimum absolute atomic E-state index is 0.0341. The number of nitrogens with one attached hydrogen (secondary N) is 3. The van der Waals surface area contributed by atoms with Crippen molar-refractivity contribution in [2.45, 2.75) is 20.3 Å². The van der Waals surface area contributed by atoms with Crippen LogP contribution in [0.2, 0.25) is 0 Å². The molecule has 0 bridgehead atoms. The summed E-state index contributed by atoms with van der Waals surface area (Å²) >= 11 is 0. The number of nitrogens with zero attached hydrogens (tertiary/aromatic N) is 1. The molecule has 7 heteroatoms. The Morgan fingerprint density at radius 1 is 1.12 bits per heavy atom. The fourth-order valence-electron chi connectivity index (χ4n) is 3.23. The minimum Gasteiger partial charge on any atom is -0.375 e. The van der Waals surface area contributed by atoms with E-state index in [0.29, 0.717) is 23.1 Å². The van der Waals surface area contributed by atoms with E-state index >= 15 is 0 Å². The van der Waals surface area contributed by atoms with Gasteiger partial charge < -0.3 is 15.5 Å². The molecule has 1 heterocycles. The number of rotatable bonds is 4. The Bertz CT molecular complexity index is 637. The molecule has 3 N–H and O–H groups in total. The largest absolute Gasteiger partial charge is 0.375 e. The number of carbonyl (C=O) groups excluding carboxylic acids is 3. The average Bonchev–Trinajstić information content (AvgIpc) is 2.58. The van der Waals surface area contributed by atoms with Gasteiger partial charge in [0, 0.05) is 25.8 Å². The summed E-state index contributed by atoms with van der Waals surface area (Å²) in [4.78, 5) is 37.7. The molecule has 2 atom stereocenters. The number of urea groups is 1. The van der Waals surface area contributed by atoms with Crippen LogP contribution in [0.4, 0.5) is 10.5 Å². The van der Waals surface area contributed by atoms with Crippen molar-refractivity contribution in [3.05, 3.63) is 29.8 Å². The zero-order valence-corrected chi connectivity index (χ0v) is 15.0. The molecule has 2 unspecified atom stereocenters. The number of piperidine rings is 1. The fourth-order valence-corrected chi connectivity index (χ4v) is 3.23. The van der Waals surface area contributed by atoms with Gasteiger partial charge in [0.1, 0.15) is 0 Å². The Kier molecular flexibility index (Phi) is 6.38. The third-order valence-corrected chi connectivity index (χ3v) is 4.23. The SMILES string of the molecule is CNC(=O)NC(=O)CNc1ccccc1C(=O)N1CC(C)CC(C)C1. The highest BCUT2D eigenvalue weighted by Crippen LogP contribution is 2.24. The first-order valence-electron chi connectivity index (χ1n) is 8.54. The van der Waals surface area contributed by atoms with Gasteiger partial charge in [0.2, 0.25) is 5.91 Å². The molecule has 136 valence electrons. The third kappa shape index (κ3) is 5.20. The number of hydrogen-bond donors (Lipinski definition) is 3. The Labute approximate surface area is 148 Å². The maximum absolute atomic E-state index is 12.9. The van der Waals surface area contributed by atoms with Crippen molar-refractivity contribution in [1.29, 1.82) is 0 Å². The highest BCUT2D eigenvalue weighted by atomic mass is 16.2. The number of likely N-dealkylation sites (tertiary alicyclic amines) is 1. The second-order valence-electron chi connectivity index (χ2n) is 6.68. The van der Waals surface area contributed by atoms with Gasteiger partial charge in [0.15, 0.2) is 0 Å². The van der Waals surface area contributed by atoms with Crippen molar-refractivity contribution < 1.29 is 14.4 Å². The van der Waals surface area contributed by atoms with E-state index in [9.17, 15) is 14.4 Å². The fraction of sp³-hybridized carbons (Fsp3) is 0.500. The summed E-state index contributed by atoms with van der Waals surface area (Å²) in [7, 11) is 1.44. The van der Waals surface area contributed by atoms with Crippen LogP contribution in [0.3, 0.4) is 0 Å². The summed E-state index contributed by atoms with van der Waals surface area (Å²) in [5.41, 5.74) is 1.13. The minimum atomic E-state index is -0.563. The zero-order valence-electron chi connectivity index (χ0n) is 15.0. The van der Waals surface area contributed by atoms with Gasteiger partial charge in [-0.2, -0.15) is 0 Å². The monoisotopic (exact) mass is 346 g/mol. The van der Waals surface area contributed by atoms with Crippen LogP contribution in [0.25, 0.3) is 0 Å². The number of benzene rings is 1. The number of para-hydroxylation sites is 1. The first-order chi connectivity index (χ1) is 11.9. The Morgan fingerprint density at radius 3 is 2.40 bits per heavy atom. The van der Waals surface area contributed by atoms with Gasteiger partial charge >= 0.3 is 6.03 Å². The van der Waals surface area contributed by atoms with Crippen LogP contribution in [0.1, 0.15) is 30.6 Å². The summed E-state index contributed by atoms with van der Waals surface area (Å²) < 4.78 is 0. The van der Waals surface area contributed by atoms with Gasteiger partial charge in [-0.05, 0) is 30.4 Å². The number of hydrogen-bond acceptors (Lipinski definition) is 4. The third-order valence-electron chi connectivity index (χ3n) is 4.23. The summed E-state index contributed by atoms with van der Waals surface area (Å²) in [6.07, 6.45) is 1.13. The lowest BCUT2D eigenvalue weighted by Gasteiger charge is -2.35.